The summed E-state index contributed by atoms with van der Waals surface area (Å²) in [6.07, 6.45) is 0. The Kier molecular flexibility index (Phi) is 4.79. The van der Waals surface area contributed by atoms with Crippen molar-refractivity contribution >= 4 is 44.6 Å². The fraction of sp³-hybridized carbons (Fsp3) is 0. The van der Waals surface area contributed by atoms with Crippen LogP contribution in [0.3, 0.4) is 0 Å². The number of benzene rings is 4. The van der Waals surface area contributed by atoms with Crippen LogP contribution in [-0.4, -0.2) is 0 Å². The molecule has 0 bridgehead atoms. The Balaban J connectivity index is 1.83. The molecule has 2 heteroatoms. The molecule has 0 amide bonds. The molecule has 0 radical (unpaired) electrons. The van der Waals surface area contributed by atoms with E-state index >= 15 is 0 Å². The van der Waals surface area contributed by atoms with E-state index in [2.05, 4.69) is 115 Å². The molecule has 0 saturated carbocycles. The molecule has 5 rings (SSSR count). The third-order valence-corrected chi connectivity index (χ3v) is 8.93. The second-order valence-corrected chi connectivity index (χ2v) is 10.2. The first-order valence-electron chi connectivity index (χ1n) is 9.39. The average molecular weight is 394 g/mol. The topological polar surface area (TPSA) is 0 Å². The van der Waals surface area contributed by atoms with Gasteiger partial charge in [0.25, 0.3) is 0 Å². The summed E-state index contributed by atoms with van der Waals surface area (Å²) in [5, 5.41) is 4.15. The van der Waals surface area contributed by atoms with Crippen LogP contribution in [0.1, 0.15) is 0 Å². The van der Waals surface area contributed by atoms with Gasteiger partial charge >= 0.3 is 0 Å². The molecule has 4 aromatic carbocycles. The Bertz CT molecular complexity index is 1160. The molecule has 0 fully saturated rings. The molecular weight excluding hydrogens is 375 g/mol. The summed E-state index contributed by atoms with van der Waals surface area (Å²) in [5.74, 6) is 0. The van der Waals surface area contributed by atoms with Crippen LogP contribution >= 0.6 is 19.3 Å². The van der Waals surface area contributed by atoms with Gasteiger partial charge in [-0.2, -0.15) is 0 Å². The zero-order valence-corrected chi connectivity index (χ0v) is 17.0. The third-order valence-electron chi connectivity index (χ3n) is 4.87. The summed E-state index contributed by atoms with van der Waals surface area (Å²) >= 11 is 1.95. The van der Waals surface area contributed by atoms with Crippen LogP contribution in [0, 0.1) is 0 Å². The Morgan fingerprint density at radius 2 is 1.00 bits per heavy atom. The molecule has 0 N–H and O–H groups in total. The van der Waals surface area contributed by atoms with Crippen molar-refractivity contribution in [3.8, 4) is 11.1 Å². The summed E-state index contributed by atoms with van der Waals surface area (Å²) in [5.41, 5.74) is 2.69. The summed E-state index contributed by atoms with van der Waals surface area (Å²) in [6.45, 7) is 0. The fourth-order valence-corrected chi connectivity index (χ4v) is 8.05. The summed E-state index contributed by atoms with van der Waals surface area (Å²) in [7, 11) is -0.619. The Morgan fingerprint density at radius 3 is 1.61 bits per heavy atom. The fourth-order valence-electron chi connectivity index (χ4n) is 3.61. The normalized spacial score (nSPS) is 11.2. The van der Waals surface area contributed by atoms with Gasteiger partial charge in [0.15, 0.2) is 0 Å². The maximum absolute atomic E-state index is 2.28. The number of hydrogen-bond acceptors (Lipinski definition) is 1. The zero-order valence-electron chi connectivity index (χ0n) is 15.3. The highest BCUT2D eigenvalue weighted by Crippen LogP contribution is 2.44. The molecule has 28 heavy (non-hydrogen) atoms. The van der Waals surface area contributed by atoms with Gasteiger partial charge in [-0.1, -0.05) is 109 Å². The predicted octanol–water partition coefficient (Wildman–Crippen LogP) is 6.33. The van der Waals surface area contributed by atoms with Crippen LogP contribution in [-0.2, 0) is 0 Å². The van der Waals surface area contributed by atoms with Crippen LogP contribution < -0.4 is 15.2 Å². The molecule has 0 aliphatic heterocycles. The minimum absolute atomic E-state index is 0.619. The number of thiophene rings is 1. The number of fused-ring (bicyclic) bond motifs is 1. The summed E-state index contributed by atoms with van der Waals surface area (Å²) in [6, 6.07) is 41.6. The van der Waals surface area contributed by atoms with Crippen LogP contribution in [0.15, 0.2) is 115 Å². The van der Waals surface area contributed by atoms with E-state index in [0.717, 1.165) is 0 Å². The second-order valence-electron chi connectivity index (χ2n) is 6.65. The lowest BCUT2D eigenvalue weighted by atomic mass is 10.1. The Labute approximate surface area is 170 Å². The van der Waals surface area contributed by atoms with E-state index in [1.54, 1.807) is 0 Å². The highest BCUT2D eigenvalue weighted by atomic mass is 32.1. The first-order chi connectivity index (χ1) is 13.9. The molecule has 1 aromatic heterocycles. The minimum atomic E-state index is -0.619. The zero-order chi connectivity index (χ0) is 18.8. The summed E-state index contributed by atoms with van der Waals surface area (Å²) in [4.78, 5) is 0. The monoisotopic (exact) mass is 394 g/mol. The number of rotatable bonds is 4. The van der Waals surface area contributed by atoms with Gasteiger partial charge < -0.3 is 0 Å². The van der Waals surface area contributed by atoms with Gasteiger partial charge in [0.05, 0.1) is 0 Å². The molecule has 5 aromatic rings. The molecule has 134 valence electrons. The van der Waals surface area contributed by atoms with Crippen molar-refractivity contribution in [2.45, 2.75) is 0 Å². The predicted molar refractivity (Wildman–Crippen MR) is 126 cm³/mol. The second kappa shape index (κ2) is 7.72. The van der Waals surface area contributed by atoms with Gasteiger partial charge in [0, 0.05) is 20.3 Å². The molecule has 0 spiro atoms. The van der Waals surface area contributed by atoms with Crippen molar-refractivity contribution in [1.82, 2.24) is 0 Å². The standard InChI is InChI=1S/C26H19PS/c1-4-12-20(13-5-1)25-23-18-10-11-19-24(23)28-26(25)27(21-14-6-2-7-15-21)22-16-8-3-9-17-22/h1-19H. The SMILES string of the molecule is c1ccc(-c2c(P(c3ccccc3)c3ccccc3)sc3ccccc23)cc1. The molecule has 0 nitrogen and oxygen atoms in total. The molecule has 0 unspecified atom stereocenters. The van der Waals surface area contributed by atoms with Gasteiger partial charge in [-0.05, 0) is 30.2 Å². The number of hydrogen-bond donors (Lipinski definition) is 0. The Hall–Kier alpha value is -2.73. The van der Waals surface area contributed by atoms with Crippen molar-refractivity contribution in [3.05, 3.63) is 115 Å². The van der Waals surface area contributed by atoms with Gasteiger partial charge in [-0.15, -0.1) is 11.3 Å². The van der Waals surface area contributed by atoms with Crippen LogP contribution in [0.25, 0.3) is 21.2 Å². The van der Waals surface area contributed by atoms with Gasteiger partial charge in [-0.3, -0.25) is 0 Å². The lowest BCUT2D eigenvalue weighted by Crippen LogP contribution is -2.19. The smallest absolute Gasteiger partial charge is 0.0459 e. The van der Waals surface area contributed by atoms with Crippen LogP contribution in [0.5, 0.6) is 0 Å². The van der Waals surface area contributed by atoms with E-state index in [9.17, 15) is 0 Å². The van der Waals surface area contributed by atoms with E-state index in [4.69, 9.17) is 0 Å². The van der Waals surface area contributed by atoms with Crippen molar-refractivity contribution < 1.29 is 0 Å². The van der Waals surface area contributed by atoms with Crippen molar-refractivity contribution in [1.29, 1.82) is 0 Å². The van der Waals surface area contributed by atoms with E-state index < -0.39 is 7.92 Å². The van der Waals surface area contributed by atoms with Crippen molar-refractivity contribution in [2.75, 3.05) is 0 Å². The van der Waals surface area contributed by atoms with E-state index in [0.29, 0.717) is 0 Å². The third kappa shape index (κ3) is 3.18. The van der Waals surface area contributed by atoms with E-state index in [1.165, 1.54) is 36.4 Å². The van der Waals surface area contributed by atoms with Crippen molar-refractivity contribution in [2.24, 2.45) is 0 Å². The minimum Gasteiger partial charge on any atom is -0.134 e. The lowest BCUT2D eigenvalue weighted by Gasteiger charge is -2.19. The molecule has 0 saturated heterocycles. The first-order valence-corrected chi connectivity index (χ1v) is 11.5. The maximum atomic E-state index is 2.28. The van der Waals surface area contributed by atoms with Crippen LogP contribution in [0.4, 0.5) is 0 Å². The largest absolute Gasteiger partial charge is 0.134 e. The highest BCUT2D eigenvalue weighted by molar-refractivity contribution is 7.84. The van der Waals surface area contributed by atoms with Gasteiger partial charge in [0.2, 0.25) is 0 Å². The highest BCUT2D eigenvalue weighted by Gasteiger charge is 2.24. The maximum Gasteiger partial charge on any atom is 0.0459 e. The van der Waals surface area contributed by atoms with E-state index in [1.807, 2.05) is 11.3 Å². The summed E-state index contributed by atoms with van der Waals surface area (Å²) < 4.78 is 2.83. The molecule has 0 aliphatic rings. The van der Waals surface area contributed by atoms with Crippen molar-refractivity contribution in [3.63, 3.8) is 0 Å². The molecule has 1 heterocycles. The van der Waals surface area contributed by atoms with E-state index in [-0.39, 0.29) is 0 Å². The molecule has 0 atom stereocenters. The lowest BCUT2D eigenvalue weighted by molar-refractivity contribution is 1.69. The quantitative estimate of drug-likeness (QED) is 0.313. The van der Waals surface area contributed by atoms with Crippen LogP contribution in [0.2, 0.25) is 0 Å². The molecule has 0 aliphatic carbocycles. The Morgan fingerprint density at radius 1 is 0.500 bits per heavy atom. The first kappa shape index (κ1) is 17.4. The molecular formula is C26H19PS. The average Bonchev–Trinajstić information content (AvgIpc) is 3.15. The van der Waals surface area contributed by atoms with Gasteiger partial charge in [0.1, 0.15) is 0 Å². The van der Waals surface area contributed by atoms with Gasteiger partial charge in [-0.25, -0.2) is 0 Å².